The minimum atomic E-state index is -0.608. The van der Waals surface area contributed by atoms with Gasteiger partial charge >= 0.3 is 0 Å². The first-order chi connectivity index (χ1) is 9.05. The minimum Gasteiger partial charge on any atom is -0.388 e. The molecule has 1 aromatic carbocycles. The van der Waals surface area contributed by atoms with Gasteiger partial charge in [-0.25, -0.2) is 0 Å². The van der Waals surface area contributed by atoms with Gasteiger partial charge in [0.15, 0.2) is 0 Å². The Morgan fingerprint density at radius 1 is 1.42 bits per heavy atom. The Labute approximate surface area is 118 Å². The lowest BCUT2D eigenvalue weighted by Crippen LogP contribution is -2.61. The summed E-state index contributed by atoms with van der Waals surface area (Å²) < 4.78 is 0. The Balaban J connectivity index is 1.55. The number of β-amino-alcohol motifs (C(OH)–C–C–N with tert-alkyl or cyclic N) is 1. The molecule has 0 spiro atoms. The number of carbonyl (C=O) groups is 1. The largest absolute Gasteiger partial charge is 0.388 e. The van der Waals surface area contributed by atoms with E-state index in [2.05, 4.69) is 17.4 Å². The fourth-order valence-corrected chi connectivity index (χ4v) is 2.95. The van der Waals surface area contributed by atoms with Gasteiger partial charge in [0.25, 0.3) is 0 Å². The number of benzene rings is 1. The van der Waals surface area contributed by atoms with E-state index < -0.39 is 5.60 Å². The number of carbonyl (C=O) groups excluding carboxylic acids is 1. The van der Waals surface area contributed by atoms with E-state index in [1.807, 2.05) is 23.1 Å². The fraction of sp³-hybridized carbons (Fsp3) is 0.500. The first-order valence-corrected chi connectivity index (χ1v) is 7.43. The Morgan fingerprint density at radius 3 is 2.74 bits per heavy atom. The zero-order valence-corrected chi connectivity index (χ0v) is 11.9. The summed E-state index contributed by atoms with van der Waals surface area (Å²) in [4.78, 5) is 14.8. The molecule has 5 heteroatoms. The number of likely N-dealkylation sites (tertiary alicyclic amines) is 1. The lowest BCUT2D eigenvalue weighted by Gasteiger charge is -2.43. The van der Waals surface area contributed by atoms with Crippen molar-refractivity contribution in [1.82, 2.24) is 10.2 Å². The Bertz CT molecular complexity index is 415. The molecule has 0 atom stereocenters. The van der Waals surface area contributed by atoms with Crippen molar-refractivity contribution in [3.05, 3.63) is 30.3 Å². The van der Waals surface area contributed by atoms with Gasteiger partial charge in [-0.1, -0.05) is 18.2 Å². The maximum atomic E-state index is 11.6. The van der Waals surface area contributed by atoms with Crippen LogP contribution in [-0.2, 0) is 4.79 Å². The third kappa shape index (κ3) is 4.86. The van der Waals surface area contributed by atoms with Crippen LogP contribution in [-0.4, -0.2) is 53.4 Å². The van der Waals surface area contributed by atoms with Crippen LogP contribution in [0.2, 0.25) is 0 Å². The van der Waals surface area contributed by atoms with Crippen molar-refractivity contribution in [3.63, 3.8) is 0 Å². The second-order valence-corrected chi connectivity index (χ2v) is 6.32. The average Bonchev–Trinajstić information content (AvgIpc) is 2.34. The molecule has 1 aromatic rings. The van der Waals surface area contributed by atoms with E-state index in [4.69, 9.17) is 0 Å². The van der Waals surface area contributed by atoms with Crippen molar-refractivity contribution >= 4 is 17.7 Å². The summed E-state index contributed by atoms with van der Waals surface area (Å²) in [7, 11) is 0. The number of hydrogen-bond acceptors (Lipinski definition) is 4. The fourth-order valence-electron chi connectivity index (χ4n) is 2.16. The summed E-state index contributed by atoms with van der Waals surface area (Å²) in [5.74, 6) is 0.900. The van der Waals surface area contributed by atoms with Crippen LogP contribution in [0.1, 0.15) is 6.92 Å². The molecule has 0 aromatic heterocycles. The average molecular weight is 280 g/mol. The van der Waals surface area contributed by atoms with Crippen LogP contribution in [0, 0.1) is 0 Å². The standard InChI is InChI=1S/C14H20N2O2S/c1-14(18)10-16(11-14)9-13(17)15-7-8-19-12-5-3-2-4-6-12/h2-6,18H,7-11H2,1H3,(H,15,17). The summed E-state index contributed by atoms with van der Waals surface area (Å²) in [6.07, 6.45) is 0. The van der Waals surface area contributed by atoms with Gasteiger partial charge in [0.2, 0.25) is 5.91 Å². The molecule has 104 valence electrons. The molecule has 1 saturated heterocycles. The topological polar surface area (TPSA) is 52.6 Å². The van der Waals surface area contributed by atoms with E-state index in [0.717, 1.165) is 5.75 Å². The van der Waals surface area contributed by atoms with Crippen molar-refractivity contribution in [2.45, 2.75) is 17.4 Å². The maximum Gasteiger partial charge on any atom is 0.234 e. The highest BCUT2D eigenvalue weighted by molar-refractivity contribution is 7.99. The SMILES string of the molecule is CC1(O)CN(CC(=O)NCCSc2ccccc2)C1. The Morgan fingerprint density at radius 2 is 2.11 bits per heavy atom. The van der Waals surface area contributed by atoms with E-state index in [0.29, 0.717) is 26.2 Å². The van der Waals surface area contributed by atoms with Crippen molar-refractivity contribution in [1.29, 1.82) is 0 Å². The van der Waals surface area contributed by atoms with Gasteiger partial charge in [-0.3, -0.25) is 9.69 Å². The monoisotopic (exact) mass is 280 g/mol. The van der Waals surface area contributed by atoms with E-state index in [1.54, 1.807) is 18.7 Å². The van der Waals surface area contributed by atoms with Crippen LogP contribution in [0.25, 0.3) is 0 Å². The highest BCUT2D eigenvalue weighted by Crippen LogP contribution is 2.18. The molecule has 0 saturated carbocycles. The molecule has 1 aliphatic rings. The van der Waals surface area contributed by atoms with E-state index >= 15 is 0 Å². The van der Waals surface area contributed by atoms with Gasteiger partial charge in [0, 0.05) is 30.3 Å². The van der Waals surface area contributed by atoms with Crippen LogP contribution >= 0.6 is 11.8 Å². The predicted molar refractivity (Wildman–Crippen MR) is 77.2 cm³/mol. The first kappa shape index (κ1) is 14.4. The van der Waals surface area contributed by atoms with Gasteiger partial charge < -0.3 is 10.4 Å². The highest BCUT2D eigenvalue weighted by atomic mass is 32.2. The lowest BCUT2D eigenvalue weighted by atomic mass is 9.97. The van der Waals surface area contributed by atoms with Gasteiger partial charge in [-0.15, -0.1) is 11.8 Å². The van der Waals surface area contributed by atoms with Crippen LogP contribution in [0.4, 0.5) is 0 Å². The summed E-state index contributed by atoms with van der Waals surface area (Å²) in [5.41, 5.74) is -0.608. The van der Waals surface area contributed by atoms with Gasteiger partial charge in [0.1, 0.15) is 0 Å². The molecule has 1 amide bonds. The van der Waals surface area contributed by atoms with E-state index in [1.165, 1.54) is 4.90 Å². The molecule has 0 bridgehead atoms. The third-order valence-electron chi connectivity index (χ3n) is 2.93. The molecule has 2 rings (SSSR count). The number of nitrogens with one attached hydrogen (secondary N) is 1. The quantitative estimate of drug-likeness (QED) is 0.602. The van der Waals surface area contributed by atoms with Crippen molar-refractivity contribution in [2.75, 3.05) is 31.9 Å². The van der Waals surface area contributed by atoms with Gasteiger partial charge in [-0.2, -0.15) is 0 Å². The van der Waals surface area contributed by atoms with Crippen LogP contribution in [0.3, 0.4) is 0 Å². The molecule has 0 aliphatic carbocycles. The van der Waals surface area contributed by atoms with Gasteiger partial charge in [0.05, 0.1) is 12.1 Å². The zero-order valence-electron chi connectivity index (χ0n) is 11.1. The molecule has 19 heavy (non-hydrogen) atoms. The molecule has 1 aliphatic heterocycles. The molecule has 4 nitrogen and oxygen atoms in total. The molecular weight excluding hydrogens is 260 g/mol. The number of rotatable bonds is 6. The smallest absolute Gasteiger partial charge is 0.234 e. The van der Waals surface area contributed by atoms with E-state index in [-0.39, 0.29) is 5.91 Å². The Kier molecular flexibility index (Phi) is 4.85. The summed E-state index contributed by atoms with van der Waals surface area (Å²) in [5, 5.41) is 12.5. The third-order valence-corrected chi connectivity index (χ3v) is 3.95. The number of aliphatic hydroxyl groups is 1. The lowest BCUT2D eigenvalue weighted by molar-refractivity contribution is -0.130. The predicted octanol–water partition coefficient (Wildman–Crippen LogP) is 0.961. The molecular formula is C14H20N2O2S. The van der Waals surface area contributed by atoms with Crippen LogP contribution in [0.15, 0.2) is 35.2 Å². The maximum absolute atomic E-state index is 11.6. The number of thioether (sulfide) groups is 1. The summed E-state index contributed by atoms with van der Waals surface area (Å²) in [6.45, 7) is 4.01. The van der Waals surface area contributed by atoms with Crippen LogP contribution < -0.4 is 5.32 Å². The molecule has 0 unspecified atom stereocenters. The first-order valence-electron chi connectivity index (χ1n) is 6.44. The Hall–Kier alpha value is -1.04. The van der Waals surface area contributed by atoms with Gasteiger partial charge in [-0.05, 0) is 19.1 Å². The molecule has 0 radical (unpaired) electrons. The summed E-state index contributed by atoms with van der Waals surface area (Å²) in [6, 6.07) is 10.1. The number of nitrogens with zero attached hydrogens (tertiary/aromatic N) is 1. The molecule has 1 heterocycles. The zero-order chi connectivity index (χ0) is 13.7. The number of hydrogen-bond donors (Lipinski definition) is 2. The summed E-state index contributed by atoms with van der Waals surface area (Å²) >= 11 is 1.73. The van der Waals surface area contributed by atoms with E-state index in [9.17, 15) is 9.90 Å². The van der Waals surface area contributed by atoms with Crippen molar-refractivity contribution in [2.24, 2.45) is 0 Å². The van der Waals surface area contributed by atoms with Crippen molar-refractivity contribution in [3.8, 4) is 0 Å². The number of amides is 1. The van der Waals surface area contributed by atoms with Crippen LogP contribution in [0.5, 0.6) is 0 Å². The van der Waals surface area contributed by atoms with Crippen molar-refractivity contribution < 1.29 is 9.90 Å². The molecule has 1 fully saturated rings. The highest BCUT2D eigenvalue weighted by Gasteiger charge is 2.36. The normalized spacial score (nSPS) is 17.8. The minimum absolute atomic E-state index is 0.0316. The molecule has 2 N–H and O–H groups in total. The second-order valence-electron chi connectivity index (χ2n) is 5.15. The second kappa shape index (κ2) is 6.41.